The van der Waals surface area contributed by atoms with E-state index in [-0.39, 0.29) is 35.2 Å². The van der Waals surface area contributed by atoms with Gasteiger partial charge in [0.1, 0.15) is 18.9 Å². The second kappa shape index (κ2) is 8.22. The molecule has 1 unspecified atom stereocenters. The number of carbonyl (C=O) groups excluding carboxylic acids is 1. The summed E-state index contributed by atoms with van der Waals surface area (Å²) in [5.41, 5.74) is 1.51. The van der Waals surface area contributed by atoms with E-state index in [9.17, 15) is 14.9 Å². The summed E-state index contributed by atoms with van der Waals surface area (Å²) >= 11 is 0. The van der Waals surface area contributed by atoms with Crippen molar-refractivity contribution in [2.45, 2.75) is 38.8 Å². The van der Waals surface area contributed by atoms with Crippen LogP contribution >= 0.6 is 0 Å². The molecule has 2 aromatic rings. The highest BCUT2D eigenvalue weighted by Gasteiger charge is 2.27. The monoisotopic (exact) mass is 411 g/mol. The summed E-state index contributed by atoms with van der Waals surface area (Å²) in [7, 11) is 0. The summed E-state index contributed by atoms with van der Waals surface area (Å²) in [4.78, 5) is 24.0. The zero-order chi connectivity index (χ0) is 21.3. The lowest BCUT2D eigenvalue weighted by Gasteiger charge is -2.25. The van der Waals surface area contributed by atoms with E-state index >= 15 is 0 Å². The Morgan fingerprint density at radius 2 is 1.83 bits per heavy atom. The average molecular weight is 411 g/mol. The average Bonchev–Trinajstić information content (AvgIpc) is 3.55. The Hall–Kier alpha value is -3.29. The molecule has 30 heavy (non-hydrogen) atoms. The Labute approximate surface area is 174 Å². The van der Waals surface area contributed by atoms with Gasteiger partial charge < -0.3 is 20.1 Å². The first-order valence-corrected chi connectivity index (χ1v) is 10.2. The van der Waals surface area contributed by atoms with Crippen LogP contribution in [-0.4, -0.2) is 30.1 Å². The van der Waals surface area contributed by atoms with Crippen molar-refractivity contribution in [2.24, 2.45) is 5.92 Å². The van der Waals surface area contributed by atoms with Crippen LogP contribution in [0.15, 0.2) is 36.4 Å². The van der Waals surface area contributed by atoms with Gasteiger partial charge in [-0.3, -0.25) is 14.9 Å². The fourth-order valence-electron chi connectivity index (χ4n) is 3.51. The van der Waals surface area contributed by atoms with Gasteiger partial charge in [-0.1, -0.05) is 19.9 Å². The maximum Gasteiger partial charge on any atom is 0.293 e. The van der Waals surface area contributed by atoms with Crippen LogP contribution in [0.25, 0.3) is 0 Å². The van der Waals surface area contributed by atoms with Gasteiger partial charge in [0.05, 0.1) is 11.0 Å². The molecule has 0 spiro atoms. The molecule has 1 aliphatic heterocycles. The number of hydrogen-bond acceptors (Lipinski definition) is 6. The number of hydrogen-bond donors (Lipinski definition) is 2. The Bertz CT molecular complexity index is 971. The molecule has 1 saturated carbocycles. The van der Waals surface area contributed by atoms with E-state index in [1.807, 2.05) is 32.0 Å². The smallest absolute Gasteiger partial charge is 0.293 e. The first-order valence-electron chi connectivity index (χ1n) is 10.2. The van der Waals surface area contributed by atoms with E-state index in [0.717, 1.165) is 18.4 Å². The fourth-order valence-corrected chi connectivity index (χ4v) is 3.51. The SMILES string of the molecule is CC(C)C(NC(=O)c1ccc(NC2CC2)c([N+](=O)[O-])c1)c1ccc2c(c1)OCCO2. The highest BCUT2D eigenvalue weighted by molar-refractivity contribution is 5.96. The number of nitro benzene ring substituents is 1. The number of ether oxygens (including phenoxy) is 2. The standard InChI is InChI=1S/C22H25N3O5/c1-13(2)21(14-4-8-19-20(12-14)30-10-9-29-19)24-22(26)15-3-7-17(23-16-5-6-16)18(11-15)25(27)28/h3-4,7-8,11-13,16,21,23H,5-6,9-10H2,1-2H3,(H,24,26). The third kappa shape index (κ3) is 4.32. The Kier molecular flexibility index (Phi) is 5.48. The second-order valence-electron chi connectivity index (χ2n) is 8.01. The normalized spacial score (nSPS) is 16.1. The lowest BCUT2D eigenvalue weighted by Crippen LogP contribution is -2.32. The van der Waals surface area contributed by atoms with Crippen molar-refractivity contribution in [3.63, 3.8) is 0 Å². The third-order valence-corrected chi connectivity index (χ3v) is 5.27. The topological polar surface area (TPSA) is 103 Å². The molecule has 0 saturated heterocycles. The Morgan fingerprint density at radius 1 is 1.10 bits per heavy atom. The number of nitrogens with zero attached hydrogens (tertiary/aromatic N) is 1. The van der Waals surface area contributed by atoms with E-state index in [1.165, 1.54) is 6.07 Å². The second-order valence-corrected chi connectivity index (χ2v) is 8.01. The van der Waals surface area contributed by atoms with Crippen LogP contribution in [0.2, 0.25) is 0 Å². The van der Waals surface area contributed by atoms with Gasteiger partial charge in [-0.25, -0.2) is 0 Å². The molecular formula is C22H25N3O5. The molecule has 1 heterocycles. The number of anilines is 1. The lowest BCUT2D eigenvalue weighted by molar-refractivity contribution is -0.384. The van der Waals surface area contributed by atoms with Crippen LogP contribution in [0.5, 0.6) is 11.5 Å². The first kappa shape index (κ1) is 20.0. The van der Waals surface area contributed by atoms with Gasteiger partial charge in [-0.15, -0.1) is 0 Å². The quantitative estimate of drug-likeness (QED) is 0.526. The van der Waals surface area contributed by atoms with E-state index in [4.69, 9.17) is 9.47 Å². The predicted molar refractivity (Wildman–Crippen MR) is 112 cm³/mol. The molecule has 1 fully saturated rings. The van der Waals surface area contributed by atoms with Gasteiger partial charge in [0.25, 0.3) is 11.6 Å². The number of benzene rings is 2. The van der Waals surface area contributed by atoms with Crippen molar-refractivity contribution in [3.05, 3.63) is 57.6 Å². The lowest BCUT2D eigenvalue weighted by atomic mass is 9.95. The number of rotatable bonds is 7. The van der Waals surface area contributed by atoms with Crippen molar-refractivity contribution in [1.82, 2.24) is 5.32 Å². The molecule has 2 aromatic carbocycles. The molecule has 1 aliphatic carbocycles. The minimum atomic E-state index is -0.456. The van der Waals surface area contributed by atoms with Gasteiger partial charge in [-0.05, 0) is 48.6 Å². The molecular weight excluding hydrogens is 386 g/mol. The molecule has 4 rings (SSSR count). The molecule has 1 atom stereocenters. The van der Waals surface area contributed by atoms with Crippen LogP contribution < -0.4 is 20.1 Å². The van der Waals surface area contributed by atoms with Gasteiger partial charge in [0, 0.05) is 17.7 Å². The third-order valence-electron chi connectivity index (χ3n) is 5.27. The molecule has 1 amide bonds. The number of nitro groups is 1. The number of nitrogens with one attached hydrogen (secondary N) is 2. The van der Waals surface area contributed by atoms with Crippen molar-refractivity contribution >= 4 is 17.3 Å². The predicted octanol–water partition coefficient (Wildman–Crippen LogP) is 4.07. The van der Waals surface area contributed by atoms with Crippen molar-refractivity contribution < 1.29 is 19.2 Å². The Balaban J connectivity index is 1.56. The number of amides is 1. The van der Waals surface area contributed by atoms with Gasteiger partial charge in [-0.2, -0.15) is 0 Å². The summed E-state index contributed by atoms with van der Waals surface area (Å²) < 4.78 is 11.2. The van der Waals surface area contributed by atoms with Crippen LogP contribution in [0.4, 0.5) is 11.4 Å². The van der Waals surface area contributed by atoms with Crippen LogP contribution in [0.3, 0.4) is 0 Å². The maximum absolute atomic E-state index is 12.9. The zero-order valence-electron chi connectivity index (χ0n) is 17.0. The zero-order valence-corrected chi connectivity index (χ0v) is 17.0. The van der Waals surface area contributed by atoms with Gasteiger partial charge >= 0.3 is 0 Å². The van der Waals surface area contributed by atoms with Crippen LogP contribution in [-0.2, 0) is 0 Å². The van der Waals surface area contributed by atoms with Crippen molar-refractivity contribution in [3.8, 4) is 11.5 Å². The van der Waals surface area contributed by atoms with E-state index in [2.05, 4.69) is 10.6 Å². The summed E-state index contributed by atoms with van der Waals surface area (Å²) in [5, 5.41) is 17.7. The maximum atomic E-state index is 12.9. The van der Waals surface area contributed by atoms with E-state index in [1.54, 1.807) is 12.1 Å². The Morgan fingerprint density at radius 3 is 2.50 bits per heavy atom. The minimum Gasteiger partial charge on any atom is -0.486 e. The molecule has 0 radical (unpaired) electrons. The summed E-state index contributed by atoms with van der Waals surface area (Å²) in [6.45, 7) is 5.01. The molecule has 8 heteroatoms. The minimum absolute atomic E-state index is 0.0880. The molecule has 2 N–H and O–H groups in total. The van der Waals surface area contributed by atoms with E-state index in [0.29, 0.717) is 30.4 Å². The van der Waals surface area contributed by atoms with Crippen molar-refractivity contribution in [2.75, 3.05) is 18.5 Å². The largest absolute Gasteiger partial charge is 0.486 e. The highest BCUT2D eigenvalue weighted by atomic mass is 16.6. The van der Waals surface area contributed by atoms with Gasteiger partial charge in [0.15, 0.2) is 11.5 Å². The fraction of sp³-hybridized carbons (Fsp3) is 0.409. The molecule has 0 bridgehead atoms. The summed E-state index contributed by atoms with van der Waals surface area (Å²) in [5.74, 6) is 1.09. The van der Waals surface area contributed by atoms with E-state index < -0.39 is 4.92 Å². The van der Waals surface area contributed by atoms with Crippen molar-refractivity contribution in [1.29, 1.82) is 0 Å². The molecule has 2 aliphatic rings. The first-order chi connectivity index (χ1) is 14.4. The molecule has 8 nitrogen and oxygen atoms in total. The summed E-state index contributed by atoms with van der Waals surface area (Å²) in [6.07, 6.45) is 2.01. The number of carbonyl (C=O) groups is 1. The summed E-state index contributed by atoms with van der Waals surface area (Å²) in [6, 6.07) is 10.2. The molecule has 0 aromatic heterocycles. The van der Waals surface area contributed by atoms with Crippen LogP contribution in [0.1, 0.15) is 48.7 Å². The highest BCUT2D eigenvalue weighted by Crippen LogP contribution is 2.35. The van der Waals surface area contributed by atoms with Crippen LogP contribution in [0, 0.1) is 16.0 Å². The molecule has 158 valence electrons. The van der Waals surface area contributed by atoms with Gasteiger partial charge in [0.2, 0.25) is 0 Å². The number of fused-ring (bicyclic) bond motifs is 1.